The van der Waals surface area contributed by atoms with Crippen LogP contribution in [0.25, 0.3) is 11.4 Å². The molecule has 30 heavy (non-hydrogen) atoms. The summed E-state index contributed by atoms with van der Waals surface area (Å²) in [5.41, 5.74) is -0.288. The molecule has 2 saturated heterocycles. The van der Waals surface area contributed by atoms with Crippen LogP contribution in [0.2, 0.25) is 0 Å². The normalized spacial score (nSPS) is 22.2. The Morgan fingerprint density at radius 3 is 2.60 bits per heavy atom. The molecule has 162 valence electrons. The van der Waals surface area contributed by atoms with E-state index in [9.17, 15) is 23.1 Å². The lowest BCUT2D eigenvalue weighted by Crippen LogP contribution is -2.48. The number of hydrogen-bond donors (Lipinski definition) is 1. The molecule has 0 bridgehead atoms. The quantitative estimate of drug-likeness (QED) is 0.805. The lowest BCUT2D eigenvalue weighted by molar-refractivity contribution is -0.274. The maximum atomic E-state index is 13.0. The molecule has 0 saturated carbocycles. The highest BCUT2D eigenvalue weighted by Crippen LogP contribution is 2.35. The number of aromatic nitrogens is 3. The van der Waals surface area contributed by atoms with Gasteiger partial charge in [0, 0.05) is 32.2 Å². The molecule has 1 aromatic carbocycles. The minimum Gasteiger partial charge on any atom is -0.507 e. The summed E-state index contributed by atoms with van der Waals surface area (Å²) in [6.45, 7) is 2.60. The van der Waals surface area contributed by atoms with E-state index in [2.05, 4.69) is 26.9 Å². The smallest absolute Gasteiger partial charge is 0.507 e. The van der Waals surface area contributed by atoms with Crippen molar-refractivity contribution in [1.29, 1.82) is 0 Å². The largest absolute Gasteiger partial charge is 0.573 e. The number of phenols is 1. The molecule has 2 aliphatic heterocycles. The van der Waals surface area contributed by atoms with Crippen LogP contribution in [0.1, 0.15) is 12.8 Å². The van der Waals surface area contributed by atoms with Crippen LogP contribution in [0, 0.1) is 5.92 Å². The van der Waals surface area contributed by atoms with Gasteiger partial charge in [-0.25, -0.2) is 0 Å². The Morgan fingerprint density at radius 1 is 1.17 bits per heavy atom. The van der Waals surface area contributed by atoms with Gasteiger partial charge < -0.3 is 19.6 Å². The standard InChI is InChI=1S/C19H22F3N5O3/c1-25-7-5-11-6-8-27(14(11)10-25)17-18(29)26(2)16(23-24-17)13-4-3-12(9-15(13)28)30-19(20,21)22/h3-4,9,11,14,28H,5-8,10H2,1-2H3/t11-,14-/m1/s1. The predicted octanol–water partition coefficient (Wildman–Crippen LogP) is 1.98. The van der Waals surface area contributed by atoms with Gasteiger partial charge in [0.2, 0.25) is 5.82 Å². The van der Waals surface area contributed by atoms with Crippen molar-refractivity contribution >= 4 is 5.82 Å². The van der Waals surface area contributed by atoms with Crippen LogP contribution in [-0.4, -0.2) is 63.9 Å². The van der Waals surface area contributed by atoms with Crippen molar-refractivity contribution in [2.45, 2.75) is 25.2 Å². The Balaban J connectivity index is 1.65. The number of benzene rings is 1. The topological polar surface area (TPSA) is 83.7 Å². The first-order valence-electron chi connectivity index (χ1n) is 9.62. The van der Waals surface area contributed by atoms with Gasteiger partial charge >= 0.3 is 6.36 Å². The van der Waals surface area contributed by atoms with Crippen molar-refractivity contribution in [3.05, 3.63) is 28.6 Å². The summed E-state index contributed by atoms with van der Waals surface area (Å²) in [5, 5.41) is 18.4. The van der Waals surface area contributed by atoms with Gasteiger partial charge in [0.25, 0.3) is 5.56 Å². The summed E-state index contributed by atoms with van der Waals surface area (Å²) < 4.78 is 42.2. The lowest BCUT2D eigenvalue weighted by atomic mass is 9.92. The fourth-order valence-corrected chi connectivity index (χ4v) is 4.33. The van der Waals surface area contributed by atoms with Crippen LogP contribution in [-0.2, 0) is 7.05 Å². The molecule has 2 fully saturated rings. The number of likely N-dealkylation sites (tertiary alicyclic amines) is 1. The first-order chi connectivity index (χ1) is 14.1. The van der Waals surface area contributed by atoms with Crippen molar-refractivity contribution in [2.75, 3.05) is 31.6 Å². The highest BCUT2D eigenvalue weighted by atomic mass is 19.4. The average molecular weight is 425 g/mol. The number of fused-ring (bicyclic) bond motifs is 1. The molecule has 0 amide bonds. The molecule has 2 aliphatic rings. The van der Waals surface area contributed by atoms with Gasteiger partial charge in [-0.15, -0.1) is 23.4 Å². The second kappa shape index (κ2) is 7.46. The zero-order valence-electron chi connectivity index (χ0n) is 16.6. The van der Waals surface area contributed by atoms with Gasteiger partial charge in [-0.1, -0.05) is 0 Å². The van der Waals surface area contributed by atoms with Crippen molar-refractivity contribution in [3.63, 3.8) is 0 Å². The number of alkyl halides is 3. The number of nitrogens with zero attached hydrogens (tertiary/aromatic N) is 5. The number of rotatable bonds is 3. The summed E-state index contributed by atoms with van der Waals surface area (Å²) in [6, 6.07) is 3.28. The van der Waals surface area contributed by atoms with E-state index in [0.717, 1.165) is 44.6 Å². The summed E-state index contributed by atoms with van der Waals surface area (Å²) in [6.07, 6.45) is -2.81. The second-order valence-electron chi connectivity index (χ2n) is 7.80. The van der Waals surface area contributed by atoms with Gasteiger partial charge in [-0.05, 0) is 44.5 Å². The number of ether oxygens (including phenoxy) is 1. The summed E-state index contributed by atoms with van der Waals surface area (Å²) >= 11 is 0. The van der Waals surface area contributed by atoms with E-state index < -0.39 is 17.9 Å². The lowest BCUT2D eigenvalue weighted by Gasteiger charge is -2.36. The van der Waals surface area contributed by atoms with E-state index in [1.807, 2.05) is 4.90 Å². The summed E-state index contributed by atoms with van der Waals surface area (Å²) in [4.78, 5) is 17.3. The van der Waals surface area contributed by atoms with E-state index in [1.54, 1.807) is 0 Å². The van der Waals surface area contributed by atoms with Crippen LogP contribution < -0.4 is 15.2 Å². The SMILES string of the molecule is CN1CC[C@@H]2CCN(c3nnc(-c4ccc(OC(F)(F)F)cc4O)n(C)c3=O)[C@@H]2C1. The molecule has 8 nitrogen and oxygen atoms in total. The molecule has 1 aromatic heterocycles. The van der Waals surface area contributed by atoms with Crippen molar-refractivity contribution in [2.24, 2.45) is 13.0 Å². The van der Waals surface area contributed by atoms with E-state index in [-0.39, 0.29) is 28.8 Å². The molecule has 2 aromatic rings. The highest BCUT2D eigenvalue weighted by Gasteiger charge is 2.39. The maximum Gasteiger partial charge on any atom is 0.573 e. The summed E-state index contributed by atoms with van der Waals surface area (Å²) in [5.74, 6) is -0.249. The number of anilines is 1. The third-order valence-corrected chi connectivity index (χ3v) is 5.83. The van der Waals surface area contributed by atoms with Gasteiger partial charge in [0.15, 0.2) is 5.82 Å². The van der Waals surface area contributed by atoms with Crippen LogP contribution >= 0.6 is 0 Å². The van der Waals surface area contributed by atoms with E-state index in [1.165, 1.54) is 17.7 Å². The van der Waals surface area contributed by atoms with Crippen LogP contribution in [0.15, 0.2) is 23.0 Å². The molecular formula is C19H22F3N5O3. The van der Waals surface area contributed by atoms with E-state index >= 15 is 0 Å². The van der Waals surface area contributed by atoms with Gasteiger partial charge in [0.05, 0.1) is 5.56 Å². The highest BCUT2D eigenvalue weighted by molar-refractivity contribution is 5.65. The molecule has 2 atom stereocenters. The molecule has 1 N–H and O–H groups in total. The number of likely N-dealkylation sites (N-methyl/N-ethyl adjacent to an activating group) is 1. The second-order valence-corrected chi connectivity index (χ2v) is 7.80. The first-order valence-corrected chi connectivity index (χ1v) is 9.62. The third kappa shape index (κ3) is 3.81. The third-order valence-electron chi connectivity index (χ3n) is 5.83. The Morgan fingerprint density at radius 2 is 1.90 bits per heavy atom. The van der Waals surface area contributed by atoms with Crippen molar-refractivity contribution in [1.82, 2.24) is 19.7 Å². The van der Waals surface area contributed by atoms with Crippen molar-refractivity contribution < 1.29 is 23.0 Å². The fraction of sp³-hybridized carbons (Fsp3) is 0.526. The number of aromatic hydroxyl groups is 1. The number of phenolic OH excluding ortho intramolecular Hbond substituents is 1. The van der Waals surface area contributed by atoms with Crippen molar-refractivity contribution in [3.8, 4) is 22.9 Å². The number of piperidine rings is 1. The molecular weight excluding hydrogens is 403 g/mol. The van der Waals surface area contributed by atoms with E-state index in [0.29, 0.717) is 5.92 Å². The Kier molecular flexibility index (Phi) is 5.08. The molecule has 3 heterocycles. The minimum absolute atomic E-state index is 0.0521. The monoisotopic (exact) mass is 425 g/mol. The zero-order valence-corrected chi connectivity index (χ0v) is 16.6. The molecule has 0 spiro atoms. The molecule has 4 rings (SSSR count). The Hall–Kier alpha value is -2.82. The summed E-state index contributed by atoms with van der Waals surface area (Å²) in [7, 11) is 3.55. The predicted molar refractivity (Wildman–Crippen MR) is 102 cm³/mol. The Bertz CT molecular complexity index is 1010. The average Bonchev–Trinajstić information content (AvgIpc) is 3.06. The van der Waals surface area contributed by atoms with Gasteiger partial charge in [-0.3, -0.25) is 9.36 Å². The molecule has 11 heteroatoms. The minimum atomic E-state index is -4.87. The number of halogens is 3. The van der Waals surface area contributed by atoms with Gasteiger partial charge in [-0.2, -0.15) is 0 Å². The van der Waals surface area contributed by atoms with E-state index in [4.69, 9.17) is 0 Å². The first kappa shape index (κ1) is 20.5. The van der Waals surface area contributed by atoms with Gasteiger partial charge in [0.1, 0.15) is 11.5 Å². The van der Waals surface area contributed by atoms with Crippen LogP contribution in [0.4, 0.5) is 19.0 Å². The number of hydrogen-bond acceptors (Lipinski definition) is 7. The van der Waals surface area contributed by atoms with Crippen LogP contribution in [0.3, 0.4) is 0 Å². The maximum absolute atomic E-state index is 13.0. The molecule has 0 unspecified atom stereocenters. The zero-order chi connectivity index (χ0) is 21.6. The molecule has 0 aliphatic carbocycles. The molecule has 0 radical (unpaired) electrons. The fourth-order valence-electron chi connectivity index (χ4n) is 4.33. The Labute approximate surface area is 170 Å². The van der Waals surface area contributed by atoms with Crippen LogP contribution in [0.5, 0.6) is 11.5 Å².